The number of hydrogen-bond donors (Lipinski definition) is 3. The molecule has 4 aliphatic heterocycles. The van der Waals surface area contributed by atoms with E-state index in [1.165, 1.54) is 5.56 Å². The fraction of sp³-hybridized carbons (Fsp3) is 0.447. The number of ether oxygens (including phenoxy) is 3. The van der Waals surface area contributed by atoms with E-state index < -0.39 is 12.3 Å². The summed E-state index contributed by atoms with van der Waals surface area (Å²) in [6.07, 6.45) is 6.85. The monoisotopic (exact) mass is 887 g/mol. The summed E-state index contributed by atoms with van der Waals surface area (Å²) >= 11 is 1.64. The number of fused-ring (bicyclic) bond motifs is 4. The molecular formula is C47H53N9O7S. The second-order valence-corrected chi connectivity index (χ2v) is 17.7. The number of aliphatic hydroxyl groups is 1. The van der Waals surface area contributed by atoms with Crippen molar-refractivity contribution in [2.24, 2.45) is 0 Å². The van der Waals surface area contributed by atoms with Gasteiger partial charge in [0.2, 0.25) is 5.91 Å². The number of carbonyl (C=O) groups is 3. The highest BCUT2D eigenvalue weighted by atomic mass is 32.1. The van der Waals surface area contributed by atoms with E-state index in [1.54, 1.807) is 22.4 Å². The van der Waals surface area contributed by atoms with Crippen molar-refractivity contribution < 1.29 is 33.7 Å². The van der Waals surface area contributed by atoms with Crippen molar-refractivity contribution in [2.75, 3.05) is 44.8 Å². The van der Waals surface area contributed by atoms with Crippen LogP contribution in [0, 0.1) is 18.8 Å². The maximum Gasteiger partial charge on any atom is 0.305 e. The minimum atomic E-state index is -1.06. The number of likely N-dealkylation sites (tertiary alicyclic amines) is 1. The van der Waals surface area contributed by atoms with Gasteiger partial charge in [0.1, 0.15) is 30.3 Å². The summed E-state index contributed by atoms with van der Waals surface area (Å²) in [5.74, 6) is 7.80. The molecule has 334 valence electrons. The molecule has 16 nitrogen and oxygen atoms in total. The molecule has 2 atom stereocenters. The first-order valence-electron chi connectivity index (χ1n) is 22.1. The molecule has 2 fully saturated rings. The topological polar surface area (TPSA) is 178 Å². The van der Waals surface area contributed by atoms with Crippen LogP contribution >= 0.6 is 11.3 Å². The second kappa shape index (κ2) is 19.9. The zero-order chi connectivity index (χ0) is 44.0. The fourth-order valence-corrected chi connectivity index (χ4v) is 10.2. The fourth-order valence-electron chi connectivity index (χ4n) is 8.93. The van der Waals surface area contributed by atoms with Crippen molar-refractivity contribution in [3.8, 4) is 16.8 Å². The Kier molecular flexibility index (Phi) is 13.5. The lowest BCUT2D eigenvalue weighted by Gasteiger charge is -2.35. The molecule has 9 rings (SSSR count). The number of carbonyl (C=O) groups excluding carboxylic acids is 3. The summed E-state index contributed by atoms with van der Waals surface area (Å²) in [5.41, 5.74) is 6.82. The largest absolute Gasteiger partial charge is 0.463 e. The Balaban J connectivity index is 0.670. The number of hydrogen-bond acceptors (Lipinski definition) is 13. The van der Waals surface area contributed by atoms with Gasteiger partial charge in [0.25, 0.3) is 5.91 Å². The molecule has 0 bridgehead atoms. The first-order valence-corrected chi connectivity index (χ1v) is 22.9. The predicted molar refractivity (Wildman–Crippen MR) is 238 cm³/mol. The molecule has 2 aromatic carbocycles. The molecule has 0 saturated carbocycles. The Morgan fingerprint density at radius 1 is 1.00 bits per heavy atom. The number of nitrogens with one attached hydrogen (secondary N) is 2. The zero-order valence-corrected chi connectivity index (χ0v) is 36.8. The average molecular weight is 888 g/mol. The summed E-state index contributed by atoms with van der Waals surface area (Å²) in [5, 5.41) is 30.9. The van der Waals surface area contributed by atoms with Gasteiger partial charge in [0, 0.05) is 80.2 Å². The Hall–Kier alpha value is -5.90. The molecule has 17 heteroatoms. The third-order valence-corrected chi connectivity index (χ3v) is 13.5. The lowest BCUT2D eigenvalue weighted by Crippen LogP contribution is -2.55. The summed E-state index contributed by atoms with van der Waals surface area (Å²) < 4.78 is 21.2. The number of aliphatic hydroxyl groups excluding tert-OH is 1. The molecule has 0 aliphatic carbocycles. The van der Waals surface area contributed by atoms with Crippen LogP contribution in [0.4, 0.5) is 5.69 Å². The zero-order valence-electron chi connectivity index (χ0n) is 36.0. The van der Waals surface area contributed by atoms with Gasteiger partial charge in [0.05, 0.1) is 42.5 Å². The molecular weight excluding hydrogens is 835 g/mol. The molecule has 3 aromatic heterocycles. The van der Waals surface area contributed by atoms with E-state index in [4.69, 9.17) is 14.2 Å². The third-order valence-electron chi connectivity index (χ3n) is 12.3. The van der Waals surface area contributed by atoms with Gasteiger partial charge < -0.3 is 39.8 Å². The Labute approximate surface area is 375 Å². The molecule has 2 unspecified atom stereocenters. The molecule has 0 spiro atoms. The highest BCUT2D eigenvalue weighted by Gasteiger charge is 2.40. The number of esters is 1. The highest BCUT2D eigenvalue weighted by molar-refractivity contribution is 7.15. The van der Waals surface area contributed by atoms with Crippen LogP contribution in [-0.4, -0.2) is 115 Å². The van der Waals surface area contributed by atoms with Gasteiger partial charge in [0.15, 0.2) is 5.82 Å². The van der Waals surface area contributed by atoms with Gasteiger partial charge in [-0.15, -0.1) is 21.5 Å². The summed E-state index contributed by atoms with van der Waals surface area (Å²) in [7, 11) is 0. The minimum Gasteiger partial charge on any atom is -0.463 e. The summed E-state index contributed by atoms with van der Waals surface area (Å²) in [4.78, 5) is 42.5. The number of aryl methyl sites for hydroxylation is 2. The van der Waals surface area contributed by atoms with Crippen molar-refractivity contribution in [1.29, 1.82) is 0 Å². The predicted octanol–water partition coefficient (Wildman–Crippen LogP) is 4.32. The van der Waals surface area contributed by atoms with Crippen LogP contribution in [0.15, 0.2) is 60.9 Å². The number of aromatic nitrogens is 5. The van der Waals surface area contributed by atoms with E-state index >= 15 is 0 Å². The van der Waals surface area contributed by atoms with Gasteiger partial charge in [-0.2, -0.15) is 5.10 Å². The first-order chi connectivity index (χ1) is 31.3. The van der Waals surface area contributed by atoms with Crippen molar-refractivity contribution >= 4 is 34.8 Å². The highest BCUT2D eigenvalue weighted by Crippen LogP contribution is 2.37. The van der Waals surface area contributed by atoms with Crippen LogP contribution < -0.4 is 10.6 Å². The molecule has 0 radical (unpaired) electrons. The van der Waals surface area contributed by atoms with Crippen molar-refractivity contribution in [1.82, 2.24) is 39.7 Å². The van der Waals surface area contributed by atoms with Crippen LogP contribution in [0.1, 0.15) is 93.2 Å². The minimum absolute atomic E-state index is 0.108. The number of benzene rings is 2. The van der Waals surface area contributed by atoms with Gasteiger partial charge in [-0.1, -0.05) is 48.2 Å². The van der Waals surface area contributed by atoms with E-state index in [1.807, 2.05) is 42.1 Å². The average Bonchev–Trinajstić information content (AvgIpc) is 4.05. The number of amides is 2. The van der Waals surface area contributed by atoms with E-state index in [0.717, 1.165) is 88.4 Å². The van der Waals surface area contributed by atoms with E-state index in [0.29, 0.717) is 64.3 Å². The molecule has 2 amide bonds. The number of nitrogens with zero attached hydrogens (tertiary/aromatic N) is 7. The third kappa shape index (κ3) is 9.91. The molecule has 7 heterocycles. The first kappa shape index (κ1) is 43.4. The standard InChI is InChI=1S/C47H53N9O7S/c1-31-51-52-42-30-62-29-38-36(25-32-7-3-2-4-8-32)41(64-47(38)56(31)42)14-12-33-26-48-54(27-33)18-6-11-44(58)63-24-23-61-22-21-53-19-16-34(17-20-53)49-39-10-5-9-35-37(39)28-55(46(35)60)40-13-15-43(57)50-45(40)59/h2-5,7-10,26-27,34,40,45,49,59H,6,11,13,15-25,28-30H2,1H3,(H,50,57). The lowest BCUT2D eigenvalue weighted by atomic mass is 10.0. The van der Waals surface area contributed by atoms with Crippen molar-refractivity contribution in [3.05, 3.63) is 111 Å². The quantitative estimate of drug-likeness (QED) is 0.0772. The van der Waals surface area contributed by atoms with Crippen LogP contribution in [-0.2, 0) is 56.5 Å². The molecule has 5 aromatic rings. The van der Waals surface area contributed by atoms with E-state index in [2.05, 4.69) is 71.5 Å². The van der Waals surface area contributed by atoms with Crippen LogP contribution in [0.5, 0.6) is 0 Å². The Morgan fingerprint density at radius 2 is 1.86 bits per heavy atom. The molecule has 3 N–H and O–H groups in total. The lowest BCUT2D eigenvalue weighted by molar-refractivity contribution is -0.145. The summed E-state index contributed by atoms with van der Waals surface area (Å²) in [6, 6.07) is 16.0. The van der Waals surface area contributed by atoms with Crippen LogP contribution in [0.25, 0.3) is 5.00 Å². The Bertz CT molecular complexity index is 2530. The van der Waals surface area contributed by atoms with Crippen molar-refractivity contribution in [3.63, 3.8) is 0 Å². The summed E-state index contributed by atoms with van der Waals surface area (Å²) in [6.45, 7) is 7.57. The maximum atomic E-state index is 13.3. The molecule has 4 aliphatic rings. The number of thiophene rings is 1. The number of anilines is 1. The van der Waals surface area contributed by atoms with Gasteiger partial charge in [-0.25, -0.2) is 0 Å². The van der Waals surface area contributed by atoms with Gasteiger partial charge >= 0.3 is 5.97 Å². The normalized spacial score (nSPS) is 18.7. The smallest absolute Gasteiger partial charge is 0.305 e. The van der Waals surface area contributed by atoms with E-state index in [-0.39, 0.29) is 36.9 Å². The number of rotatable bonds is 15. The maximum absolute atomic E-state index is 13.3. The van der Waals surface area contributed by atoms with Crippen LogP contribution in [0.2, 0.25) is 0 Å². The number of piperidine rings is 2. The Morgan fingerprint density at radius 3 is 2.70 bits per heavy atom. The van der Waals surface area contributed by atoms with Gasteiger partial charge in [-0.05, 0) is 62.3 Å². The van der Waals surface area contributed by atoms with Gasteiger partial charge in [-0.3, -0.25) is 23.6 Å². The molecule has 64 heavy (non-hydrogen) atoms. The van der Waals surface area contributed by atoms with E-state index in [9.17, 15) is 19.5 Å². The second-order valence-electron chi connectivity index (χ2n) is 16.7. The molecule has 2 saturated heterocycles. The van der Waals surface area contributed by atoms with Crippen molar-refractivity contribution in [2.45, 2.75) is 96.5 Å². The SMILES string of the molecule is Cc1nnc2n1-c1sc(C#Cc3cnn(CCCC(=O)OCCOCCN4CCC(Nc5cccc6c5CN(C5CCC(=O)NC5O)C6=O)CC4)c3)c(Cc3ccccc3)c1COC2. The van der Waals surface area contributed by atoms with Crippen LogP contribution in [0.3, 0.4) is 0 Å².